The molecule has 4 aromatic rings. The van der Waals surface area contributed by atoms with Gasteiger partial charge in [-0.3, -0.25) is 4.79 Å². The van der Waals surface area contributed by atoms with E-state index in [1.807, 2.05) is 60.7 Å². The molecule has 1 aliphatic heterocycles. The maximum atomic E-state index is 13.2. The van der Waals surface area contributed by atoms with Crippen molar-refractivity contribution in [3.8, 4) is 11.8 Å². The lowest BCUT2D eigenvalue weighted by Crippen LogP contribution is -2.49. The van der Waals surface area contributed by atoms with Crippen molar-refractivity contribution in [3.05, 3.63) is 114 Å². The number of hydrogen-bond donors (Lipinski definition) is 0. The monoisotopic (exact) mass is 473 g/mol. The molecule has 1 heterocycles. The lowest BCUT2D eigenvalue weighted by atomic mass is 10.1. The first kappa shape index (κ1) is 23.2. The average Bonchev–Trinajstić information content (AvgIpc) is 2.95. The molecule has 5 nitrogen and oxygen atoms in total. The van der Waals surface area contributed by atoms with Crippen LogP contribution < -0.4 is 9.64 Å². The Kier molecular flexibility index (Phi) is 6.95. The van der Waals surface area contributed by atoms with Crippen LogP contribution in [0.25, 0.3) is 16.8 Å². The Morgan fingerprint density at radius 3 is 2.33 bits per heavy atom. The summed E-state index contributed by atoms with van der Waals surface area (Å²) in [6.45, 7) is 3.01. The topological polar surface area (TPSA) is 56.6 Å². The fraction of sp³-hybridized carbons (Fsp3) is 0.161. The maximum Gasteiger partial charge on any atom is 0.264 e. The minimum atomic E-state index is -0.242. The zero-order valence-corrected chi connectivity index (χ0v) is 20.0. The van der Waals surface area contributed by atoms with Crippen LogP contribution in [0, 0.1) is 11.3 Å². The Morgan fingerprint density at radius 2 is 1.53 bits per heavy atom. The molecule has 1 fully saturated rings. The van der Waals surface area contributed by atoms with Gasteiger partial charge in [-0.05, 0) is 40.6 Å². The number of carbonyl (C=O) groups is 1. The van der Waals surface area contributed by atoms with Crippen LogP contribution in [0.15, 0.2) is 103 Å². The van der Waals surface area contributed by atoms with Crippen molar-refractivity contribution in [1.29, 1.82) is 5.26 Å². The summed E-state index contributed by atoms with van der Waals surface area (Å²) < 4.78 is 6.18. The lowest BCUT2D eigenvalue weighted by Gasteiger charge is -2.36. The number of hydrogen-bond acceptors (Lipinski definition) is 4. The summed E-state index contributed by atoms with van der Waals surface area (Å²) in [5, 5.41) is 12.1. The van der Waals surface area contributed by atoms with Crippen molar-refractivity contribution >= 4 is 28.4 Å². The highest BCUT2D eigenvalue weighted by molar-refractivity contribution is 6.02. The minimum Gasteiger partial charge on any atom is -0.488 e. The Hall–Kier alpha value is -4.56. The molecule has 0 unspecified atom stereocenters. The molecule has 0 saturated carbocycles. The third kappa shape index (κ3) is 5.08. The van der Waals surface area contributed by atoms with Crippen LogP contribution in [0.3, 0.4) is 0 Å². The van der Waals surface area contributed by atoms with Gasteiger partial charge < -0.3 is 14.5 Å². The van der Waals surface area contributed by atoms with Crippen LogP contribution in [0.5, 0.6) is 5.75 Å². The van der Waals surface area contributed by atoms with E-state index >= 15 is 0 Å². The summed E-state index contributed by atoms with van der Waals surface area (Å²) in [6, 6.07) is 34.2. The SMILES string of the molecule is N#C/C(=C/c1ccccc1OCc1cccc2ccccc12)C(=O)N1CCN(c2ccccc2)CC1. The molecule has 0 aliphatic carbocycles. The summed E-state index contributed by atoms with van der Waals surface area (Å²) in [7, 11) is 0. The van der Waals surface area contributed by atoms with E-state index in [9.17, 15) is 10.1 Å². The molecule has 0 radical (unpaired) electrons. The number of amides is 1. The number of carbonyl (C=O) groups excluding carboxylic acids is 1. The maximum absolute atomic E-state index is 13.2. The van der Waals surface area contributed by atoms with E-state index in [0.717, 1.165) is 35.1 Å². The Labute approximate surface area is 211 Å². The molecule has 0 N–H and O–H groups in total. The molecular weight excluding hydrogens is 446 g/mol. The van der Waals surface area contributed by atoms with Gasteiger partial charge in [-0.25, -0.2) is 0 Å². The van der Waals surface area contributed by atoms with Gasteiger partial charge in [0.1, 0.15) is 24.0 Å². The van der Waals surface area contributed by atoms with Crippen LogP contribution in [-0.4, -0.2) is 37.0 Å². The van der Waals surface area contributed by atoms with Crippen molar-refractivity contribution in [2.45, 2.75) is 6.61 Å². The van der Waals surface area contributed by atoms with E-state index in [4.69, 9.17) is 4.74 Å². The van der Waals surface area contributed by atoms with Crippen LogP contribution in [0.4, 0.5) is 5.69 Å². The first-order valence-electron chi connectivity index (χ1n) is 12.1. The molecule has 0 aromatic heterocycles. The van der Waals surface area contributed by atoms with Gasteiger partial charge in [0.25, 0.3) is 5.91 Å². The molecular formula is C31H27N3O2. The van der Waals surface area contributed by atoms with E-state index < -0.39 is 0 Å². The van der Waals surface area contributed by atoms with Crippen molar-refractivity contribution in [1.82, 2.24) is 4.90 Å². The van der Waals surface area contributed by atoms with E-state index in [0.29, 0.717) is 31.0 Å². The van der Waals surface area contributed by atoms with Crippen LogP contribution in [0.2, 0.25) is 0 Å². The smallest absolute Gasteiger partial charge is 0.264 e. The molecule has 1 amide bonds. The molecule has 0 bridgehead atoms. The lowest BCUT2D eigenvalue weighted by molar-refractivity contribution is -0.126. The number of nitriles is 1. The van der Waals surface area contributed by atoms with E-state index in [1.54, 1.807) is 11.0 Å². The summed E-state index contributed by atoms with van der Waals surface area (Å²) in [5.74, 6) is 0.397. The van der Waals surface area contributed by atoms with Crippen molar-refractivity contribution in [3.63, 3.8) is 0 Å². The number of nitrogens with zero attached hydrogens (tertiary/aromatic N) is 3. The highest BCUT2D eigenvalue weighted by atomic mass is 16.5. The number of ether oxygens (including phenoxy) is 1. The number of fused-ring (bicyclic) bond motifs is 1. The number of anilines is 1. The molecule has 5 heteroatoms. The Morgan fingerprint density at radius 1 is 0.833 bits per heavy atom. The molecule has 178 valence electrons. The fourth-order valence-corrected chi connectivity index (χ4v) is 4.58. The standard InChI is InChI=1S/C31H27N3O2/c32-22-27(31(35)34-19-17-33(18-20-34)28-13-2-1-3-14-28)21-25-10-5-7-16-30(25)36-23-26-12-8-11-24-9-4-6-15-29(24)26/h1-16,21H,17-20,23H2/b27-21-. The molecule has 5 rings (SSSR count). The van der Waals surface area contributed by atoms with E-state index in [2.05, 4.69) is 47.4 Å². The molecule has 36 heavy (non-hydrogen) atoms. The van der Waals surface area contributed by atoms with Crippen LogP contribution in [0.1, 0.15) is 11.1 Å². The Bertz CT molecular complexity index is 1430. The second-order valence-corrected chi connectivity index (χ2v) is 8.75. The second kappa shape index (κ2) is 10.8. The van der Waals surface area contributed by atoms with Crippen molar-refractivity contribution < 1.29 is 9.53 Å². The van der Waals surface area contributed by atoms with Crippen LogP contribution >= 0.6 is 0 Å². The van der Waals surface area contributed by atoms with Gasteiger partial charge in [0.2, 0.25) is 0 Å². The highest BCUT2D eigenvalue weighted by Gasteiger charge is 2.24. The largest absolute Gasteiger partial charge is 0.488 e. The predicted molar refractivity (Wildman–Crippen MR) is 144 cm³/mol. The van der Waals surface area contributed by atoms with Gasteiger partial charge in [-0.2, -0.15) is 5.26 Å². The number of rotatable bonds is 6. The molecule has 1 aliphatic rings. The summed E-state index contributed by atoms with van der Waals surface area (Å²) >= 11 is 0. The van der Waals surface area contributed by atoms with Gasteiger partial charge in [0.15, 0.2) is 0 Å². The Balaban J connectivity index is 1.30. The van der Waals surface area contributed by atoms with Gasteiger partial charge in [0, 0.05) is 37.4 Å². The molecule has 0 atom stereocenters. The van der Waals surface area contributed by atoms with Gasteiger partial charge in [-0.1, -0.05) is 78.9 Å². The summed E-state index contributed by atoms with van der Waals surface area (Å²) in [5.41, 5.74) is 3.06. The third-order valence-corrected chi connectivity index (χ3v) is 6.52. The van der Waals surface area contributed by atoms with Gasteiger partial charge in [-0.15, -0.1) is 0 Å². The van der Waals surface area contributed by atoms with E-state index in [1.165, 1.54) is 0 Å². The first-order chi connectivity index (χ1) is 17.7. The number of benzene rings is 4. The van der Waals surface area contributed by atoms with Crippen molar-refractivity contribution in [2.75, 3.05) is 31.1 Å². The minimum absolute atomic E-state index is 0.115. The predicted octanol–water partition coefficient (Wildman–Crippen LogP) is 5.67. The normalized spacial score (nSPS) is 13.9. The zero-order valence-electron chi connectivity index (χ0n) is 20.0. The average molecular weight is 474 g/mol. The summed E-state index contributed by atoms with van der Waals surface area (Å²) in [6.07, 6.45) is 1.64. The molecule has 1 saturated heterocycles. The number of piperazine rings is 1. The van der Waals surface area contributed by atoms with Crippen molar-refractivity contribution in [2.24, 2.45) is 0 Å². The van der Waals surface area contributed by atoms with Gasteiger partial charge in [0.05, 0.1) is 0 Å². The molecule has 0 spiro atoms. The highest BCUT2D eigenvalue weighted by Crippen LogP contribution is 2.25. The van der Waals surface area contributed by atoms with Crippen LogP contribution in [-0.2, 0) is 11.4 Å². The second-order valence-electron chi connectivity index (χ2n) is 8.75. The molecule has 4 aromatic carbocycles. The number of para-hydroxylation sites is 2. The third-order valence-electron chi connectivity index (χ3n) is 6.52. The zero-order chi connectivity index (χ0) is 24.7. The van der Waals surface area contributed by atoms with E-state index in [-0.39, 0.29) is 11.5 Å². The summed E-state index contributed by atoms with van der Waals surface area (Å²) in [4.78, 5) is 17.2. The van der Waals surface area contributed by atoms with Gasteiger partial charge >= 0.3 is 0 Å². The fourth-order valence-electron chi connectivity index (χ4n) is 4.58. The quantitative estimate of drug-likeness (QED) is 0.267. The first-order valence-corrected chi connectivity index (χ1v) is 12.1.